The number of hydrogen-bond donors (Lipinski definition) is 1. The van der Waals surface area contributed by atoms with Gasteiger partial charge in [0.15, 0.2) is 0 Å². The summed E-state index contributed by atoms with van der Waals surface area (Å²) in [5.41, 5.74) is 0.549. The maximum atomic E-state index is 12.6. The highest BCUT2D eigenvalue weighted by atomic mass is 32.2. The molecule has 134 valence electrons. The fourth-order valence-corrected chi connectivity index (χ4v) is 4.01. The SMILES string of the molecule is COCCN(CCS(=O)(=O)N1CCNCC1)C(=O)c1ccccc1. The zero-order valence-electron chi connectivity index (χ0n) is 14.0. The summed E-state index contributed by atoms with van der Waals surface area (Å²) in [6.45, 7) is 3.17. The van der Waals surface area contributed by atoms with Gasteiger partial charge in [0.2, 0.25) is 10.0 Å². The molecule has 1 N–H and O–H groups in total. The highest BCUT2D eigenvalue weighted by molar-refractivity contribution is 7.89. The van der Waals surface area contributed by atoms with Crippen LogP contribution in [0.3, 0.4) is 0 Å². The first kappa shape index (κ1) is 18.9. The van der Waals surface area contributed by atoms with E-state index in [4.69, 9.17) is 4.74 Å². The average molecular weight is 355 g/mol. The Hall–Kier alpha value is -1.48. The predicted octanol–water partition coefficient (Wildman–Crippen LogP) is 0.0102. The summed E-state index contributed by atoms with van der Waals surface area (Å²) < 4.78 is 31.4. The zero-order chi connectivity index (χ0) is 17.4. The van der Waals surface area contributed by atoms with Crippen molar-refractivity contribution in [1.82, 2.24) is 14.5 Å². The van der Waals surface area contributed by atoms with Crippen molar-refractivity contribution in [2.24, 2.45) is 0 Å². The quantitative estimate of drug-likeness (QED) is 0.711. The molecule has 7 nitrogen and oxygen atoms in total. The number of hydrogen-bond acceptors (Lipinski definition) is 5. The molecule has 0 aliphatic carbocycles. The normalized spacial score (nSPS) is 16.0. The number of carbonyl (C=O) groups is 1. The van der Waals surface area contributed by atoms with Crippen LogP contribution in [0.2, 0.25) is 0 Å². The van der Waals surface area contributed by atoms with E-state index in [1.165, 1.54) is 4.31 Å². The maximum absolute atomic E-state index is 12.6. The molecule has 1 fully saturated rings. The van der Waals surface area contributed by atoms with Gasteiger partial charge in [-0.25, -0.2) is 8.42 Å². The summed E-state index contributed by atoms with van der Waals surface area (Å²) >= 11 is 0. The summed E-state index contributed by atoms with van der Waals surface area (Å²) in [4.78, 5) is 14.1. The molecule has 0 spiro atoms. The first-order valence-electron chi connectivity index (χ1n) is 8.06. The van der Waals surface area contributed by atoms with Gasteiger partial charge < -0.3 is 15.0 Å². The van der Waals surface area contributed by atoms with E-state index in [9.17, 15) is 13.2 Å². The van der Waals surface area contributed by atoms with Crippen molar-refractivity contribution >= 4 is 15.9 Å². The molecule has 0 radical (unpaired) electrons. The van der Waals surface area contributed by atoms with Gasteiger partial charge in [0.25, 0.3) is 5.91 Å². The van der Waals surface area contributed by atoms with Crippen LogP contribution in [0.4, 0.5) is 0 Å². The van der Waals surface area contributed by atoms with E-state index in [1.54, 1.807) is 36.3 Å². The van der Waals surface area contributed by atoms with Gasteiger partial charge in [-0.05, 0) is 12.1 Å². The fourth-order valence-electron chi connectivity index (χ4n) is 2.56. The minimum atomic E-state index is -3.36. The van der Waals surface area contributed by atoms with Gasteiger partial charge in [0, 0.05) is 51.9 Å². The Balaban J connectivity index is 2.01. The molecule has 8 heteroatoms. The average Bonchev–Trinajstić information content (AvgIpc) is 2.63. The molecular weight excluding hydrogens is 330 g/mol. The molecule has 0 unspecified atom stereocenters. The first-order valence-corrected chi connectivity index (χ1v) is 9.67. The van der Waals surface area contributed by atoms with Gasteiger partial charge in [0.05, 0.1) is 12.4 Å². The monoisotopic (exact) mass is 355 g/mol. The van der Waals surface area contributed by atoms with Crippen LogP contribution in [0.25, 0.3) is 0 Å². The largest absolute Gasteiger partial charge is 0.383 e. The highest BCUT2D eigenvalue weighted by Gasteiger charge is 2.25. The van der Waals surface area contributed by atoms with Gasteiger partial charge in [-0.15, -0.1) is 0 Å². The molecular formula is C16H25N3O4S. The van der Waals surface area contributed by atoms with E-state index in [-0.39, 0.29) is 18.2 Å². The third-order valence-electron chi connectivity index (χ3n) is 3.96. The number of amides is 1. The molecule has 1 aliphatic heterocycles. The summed E-state index contributed by atoms with van der Waals surface area (Å²) in [6, 6.07) is 8.88. The Kier molecular flexibility index (Phi) is 7.16. The van der Waals surface area contributed by atoms with E-state index in [2.05, 4.69) is 5.32 Å². The van der Waals surface area contributed by atoms with E-state index in [0.29, 0.717) is 44.9 Å². The molecule has 1 aromatic carbocycles. The molecule has 0 atom stereocenters. The number of nitrogens with zero attached hydrogens (tertiary/aromatic N) is 2. The third-order valence-corrected chi connectivity index (χ3v) is 5.81. The number of piperazine rings is 1. The van der Waals surface area contributed by atoms with E-state index in [0.717, 1.165) is 0 Å². The Morgan fingerprint density at radius 1 is 1.21 bits per heavy atom. The van der Waals surface area contributed by atoms with Crippen LogP contribution < -0.4 is 5.32 Å². The molecule has 1 aromatic rings. The van der Waals surface area contributed by atoms with Gasteiger partial charge in [-0.2, -0.15) is 4.31 Å². The van der Waals surface area contributed by atoms with Gasteiger partial charge in [-0.3, -0.25) is 4.79 Å². The molecule has 0 bridgehead atoms. The van der Waals surface area contributed by atoms with Crippen molar-refractivity contribution in [2.45, 2.75) is 0 Å². The number of ether oxygens (including phenoxy) is 1. The number of rotatable bonds is 8. The van der Waals surface area contributed by atoms with Crippen molar-refractivity contribution in [3.63, 3.8) is 0 Å². The van der Waals surface area contributed by atoms with Crippen LogP contribution in [0.1, 0.15) is 10.4 Å². The molecule has 2 rings (SSSR count). The van der Waals surface area contributed by atoms with Crippen molar-refractivity contribution in [3.8, 4) is 0 Å². The lowest BCUT2D eigenvalue weighted by atomic mass is 10.2. The van der Waals surface area contributed by atoms with Crippen molar-refractivity contribution < 1.29 is 17.9 Å². The van der Waals surface area contributed by atoms with Crippen molar-refractivity contribution in [3.05, 3.63) is 35.9 Å². The second-order valence-electron chi connectivity index (χ2n) is 5.62. The summed E-state index contributed by atoms with van der Waals surface area (Å²) in [5.74, 6) is -0.252. The van der Waals surface area contributed by atoms with Crippen molar-refractivity contribution in [1.29, 1.82) is 0 Å². The Morgan fingerprint density at radius 3 is 2.50 bits per heavy atom. The van der Waals surface area contributed by atoms with Gasteiger partial charge in [0.1, 0.15) is 0 Å². The zero-order valence-corrected chi connectivity index (χ0v) is 14.8. The Bertz CT molecular complexity index is 615. The lowest BCUT2D eigenvalue weighted by Crippen LogP contribution is -2.48. The van der Waals surface area contributed by atoms with Crippen LogP contribution in [-0.2, 0) is 14.8 Å². The molecule has 1 aliphatic rings. The molecule has 0 saturated carbocycles. The van der Waals surface area contributed by atoms with E-state index < -0.39 is 10.0 Å². The van der Waals surface area contributed by atoms with E-state index >= 15 is 0 Å². The second kappa shape index (κ2) is 9.12. The first-order chi connectivity index (χ1) is 11.5. The molecule has 24 heavy (non-hydrogen) atoms. The standard InChI is InChI=1S/C16H25N3O4S/c1-23-13-11-18(16(20)15-5-3-2-4-6-15)12-14-24(21,22)19-9-7-17-8-10-19/h2-6,17H,7-14H2,1H3. The third kappa shape index (κ3) is 5.27. The minimum absolute atomic E-state index is 0.0741. The number of benzene rings is 1. The van der Waals surface area contributed by atoms with E-state index in [1.807, 2.05) is 6.07 Å². The number of nitrogens with one attached hydrogen (secondary N) is 1. The number of carbonyl (C=O) groups excluding carboxylic acids is 1. The van der Waals surface area contributed by atoms with Gasteiger partial charge >= 0.3 is 0 Å². The van der Waals surface area contributed by atoms with Crippen LogP contribution >= 0.6 is 0 Å². The minimum Gasteiger partial charge on any atom is -0.383 e. The topological polar surface area (TPSA) is 79.0 Å². The van der Waals surface area contributed by atoms with Crippen LogP contribution in [-0.4, -0.2) is 82.3 Å². The predicted molar refractivity (Wildman–Crippen MR) is 92.5 cm³/mol. The summed E-state index contributed by atoms with van der Waals surface area (Å²) in [7, 11) is -1.80. The Labute approximate surface area is 143 Å². The second-order valence-corrected chi connectivity index (χ2v) is 7.70. The molecule has 1 amide bonds. The maximum Gasteiger partial charge on any atom is 0.253 e. The van der Waals surface area contributed by atoms with Crippen molar-refractivity contribution in [2.75, 3.05) is 58.7 Å². The molecule has 0 aromatic heterocycles. The summed E-state index contributed by atoms with van der Waals surface area (Å²) in [6.07, 6.45) is 0. The lowest BCUT2D eigenvalue weighted by molar-refractivity contribution is 0.0707. The van der Waals surface area contributed by atoms with Crippen LogP contribution in [0.5, 0.6) is 0 Å². The lowest BCUT2D eigenvalue weighted by Gasteiger charge is -2.28. The number of sulfonamides is 1. The molecule has 1 saturated heterocycles. The van der Waals surface area contributed by atoms with Crippen LogP contribution in [0.15, 0.2) is 30.3 Å². The Morgan fingerprint density at radius 2 is 1.88 bits per heavy atom. The molecule has 1 heterocycles. The smallest absolute Gasteiger partial charge is 0.253 e. The van der Waals surface area contributed by atoms with Gasteiger partial charge in [-0.1, -0.05) is 18.2 Å². The highest BCUT2D eigenvalue weighted by Crippen LogP contribution is 2.08. The number of methoxy groups -OCH3 is 1. The summed E-state index contributed by atoms with van der Waals surface area (Å²) in [5, 5.41) is 3.13. The van der Waals surface area contributed by atoms with Crippen LogP contribution in [0, 0.1) is 0 Å². The fraction of sp³-hybridized carbons (Fsp3) is 0.562.